The van der Waals surface area contributed by atoms with Crippen LogP contribution in [-0.4, -0.2) is 25.0 Å². The van der Waals surface area contributed by atoms with Gasteiger partial charge in [-0.2, -0.15) is 0 Å². The second kappa shape index (κ2) is 6.83. The van der Waals surface area contributed by atoms with Crippen molar-refractivity contribution in [2.75, 3.05) is 13.1 Å². The lowest BCUT2D eigenvalue weighted by molar-refractivity contribution is -0.121. The van der Waals surface area contributed by atoms with Crippen molar-refractivity contribution in [3.8, 4) is 0 Å². The lowest BCUT2D eigenvalue weighted by Gasteiger charge is -2.11. The average molecular weight is 212 g/mol. The van der Waals surface area contributed by atoms with Gasteiger partial charge in [-0.25, -0.2) is 0 Å². The molecule has 3 nitrogen and oxygen atoms in total. The Labute approximate surface area is 93.0 Å². The van der Waals surface area contributed by atoms with E-state index in [0.29, 0.717) is 18.4 Å². The van der Waals surface area contributed by atoms with E-state index in [-0.39, 0.29) is 5.91 Å². The van der Waals surface area contributed by atoms with Gasteiger partial charge in [0.05, 0.1) is 0 Å². The molecule has 88 valence electrons. The first-order chi connectivity index (χ1) is 7.18. The summed E-state index contributed by atoms with van der Waals surface area (Å²) in [6.07, 6.45) is 5.30. The van der Waals surface area contributed by atoms with E-state index in [2.05, 4.69) is 24.5 Å². The van der Waals surface area contributed by atoms with Crippen molar-refractivity contribution in [3.05, 3.63) is 0 Å². The van der Waals surface area contributed by atoms with Gasteiger partial charge in [0, 0.05) is 19.0 Å². The Bertz CT molecular complexity index is 186. The summed E-state index contributed by atoms with van der Waals surface area (Å²) >= 11 is 0. The number of carbonyl (C=O) groups excluding carboxylic acids is 1. The molecule has 1 atom stereocenters. The fourth-order valence-corrected chi connectivity index (χ4v) is 1.90. The molecule has 0 aliphatic carbocycles. The van der Waals surface area contributed by atoms with Crippen LogP contribution in [0.3, 0.4) is 0 Å². The third-order valence-corrected chi connectivity index (χ3v) is 2.93. The summed E-state index contributed by atoms with van der Waals surface area (Å²) in [5, 5.41) is 6.42. The van der Waals surface area contributed by atoms with Crippen LogP contribution in [-0.2, 0) is 4.79 Å². The predicted molar refractivity (Wildman–Crippen MR) is 62.7 cm³/mol. The van der Waals surface area contributed by atoms with Crippen LogP contribution in [0, 0.1) is 5.92 Å². The van der Waals surface area contributed by atoms with Gasteiger partial charge >= 0.3 is 0 Å². The summed E-state index contributed by atoms with van der Waals surface area (Å²) in [6.45, 7) is 6.27. The maximum absolute atomic E-state index is 11.4. The fourth-order valence-electron chi connectivity index (χ4n) is 1.90. The van der Waals surface area contributed by atoms with Crippen molar-refractivity contribution >= 4 is 5.91 Å². The van der Waals surface area contributed by atoms with Crippen LogP contribution < -0.4 is 10.6 Å². The third kappa shape index (κ3) is 5.78. The highest BCUT2D eigenvalue weighted by Crippen LogP contribution is 2.07. The molecule has 1 fully saturated rings. The molecule has 0 aromatic heterocycles. The maximum Gasteiger partial charge on any atom is 0.220 e. The number of carbonyl (C=O) groups is 1. The molecule has 0 aromatic carbocycles. The minimum Gasteiger partial charge on any atom is -0.356 e. The van der Waals surface area contributed by atoms with Gasteiger partial charge in [-0.3, -0.25) is 4.79 Å². The first kappa shape index (κ1) is 12.5. The maximum atomic E-state index is 11.4. The predicted octanol–water partition coefficient (Wildman–Crippen LogP) is 1.68. The Morgan fingerprint density at radius 3 is 2.93 bits per heavy atom. The Hall–Kier alpha value is -0.570. The zero-order valence-electron chi connectivity index (χ0n) is 10.0. The Morgan fingerprint density at radius 2 is 2.33 bits per heavy atom. The quantitative estimate of drug-likeness (QED) is 0.703. The lowest BCUT2D eigenvalue weighted by atomic mass is 10.1. The number of hydrogen-bond acceptors (Lipinski definition) is 2. The molecule has 1 aliphatic rings. The minimum atomic E-state index is 0.210. The van der Waals surface area contributed by atoms with Crippen molar-refractivity contribution in [3.63, 3.8) is 0 Å². The molecule has 1 rings (SSSR count). The van der Waals surface area contributed by atoms with E-state index in [4.69, 9.17) is 0 Å². The van der Waals surface area contributed by atoms with E-state index in [1.54, 1.807) is 0 Å². The number of nitrogens with one attached hydrogen (secondary N) is 2. The van der Waals surface area contributed by atoms with Crippen LogP contribution in [0.1, 0.15) is 46.0 Å². The lowest BCUT2D eigenvalue weighted by Crippen LogP contribution is -2.30. The average Bonchev–Trinajstić information content (AvgIpc) is 2.67. The summed E-state index contributed by atoms with van der Waals surface area (Å²) < 4.78 is 0. The van der Waals surface area contributed by atoms with Gasteiger partial charge in [0.2, 0.25) is 5.91 Å². The van der Waals surface area contributed by atoms with E-state index in [1.165, 1.54) is 12.8 Å². The summed E-state index contributed by atoms with van der Waals surface area (Å²) in [4.78, 5) is 11.4. The van der Waals surface area contributed by atoms with Crippen LogP contribution in [0.5, 0.6) is 0 Å². The van der Waals surface area contributed by atoms with Gasteiger partial charge in [-0.1, -0.05) is 13.8 Å². The third-order valence-electron chi connectivity index (χ3n) is 2.93. The van der Waals surface area contributed by atoms with Crippen molar-refractivity contribution in [1.29, 1.82) is 0 Å². The molecule has 3 heteroatoms. The molecule has 1 saturated heterocycles. The fraction of sp³-hybridized carbons (Fsp3) is 0.917. The first-order valence-electron chi connectivity index (χ1n) is 6.18. The molecular weight excluding hydrogens is 188 g/mol. The van der Waals surface area contributed by atoms with E-state index in [0.717, 1.165) is 25.9 Å². The van der Waals surface area contributed by atoms with E-state index < -0.39 is 0 Å². The molecule has 0 saturated carbocycles. The normalized spacial score (nSPS) is 20.9. The van der Waals surface area contributed by atoms with E-state index >= 15 is 0 Å². The molecule has 0 unspecified atom stereocenters. The molecular formula is C12H24N2O. The second-order valence-electron chi connectivity index (χ2n) is 4.86. The molecule has 0 aromatic rings. The summed E-state index contributed by atoms with van der Waals surface area (Å²) in [5.74, 6) is 0.828. The van der Waals surface area contributed by atoms with Crippen LogP contribution >= 0.6 is 0 Å². The van der Waals surface area contributed by atoms with Crippen LogP contribution in [0.4, 0.5) is 0 Å². The number of hydrogen-bond donors (Lipinski definition) is 2. The van der Waals surface area contributed by atoms with Crippen molar-refractivity contribution in [2.24, 2.45) is 5.92 Å². The Kier molecular flexibility index (Phi) is 5.69. The standard InChI is InChI=1S/C12H24N2O/c1-10(2)5-6-12(15)14-9-7-11-4-3-8-13-11/h10-11,13H,3-9H2,1-2H3,(H,14,15)/t11-/m1/s1. The zero-order valence-corrected chi connectivity index (χ0v) is 10.0. The van der Waals surface area contributed by atoms with Crippen LogP contribution in [0.2, 0.25) is 0 Å². The molecule has 1 heterocycles. The summed E-state index contributed by atoms with van der Waals surface area (Å²) in [7, 11) is 0. The monoisotopic (exact) mass is 212 g/mol. The molecule has 1 aliphatic heterocycles. The van der Waals surface area contributed by atoms with Gasteiger partial charge < -0.3 is 10.6 Å². The van der Waals surface area contributed by atoms with Crippen molar-refractivity contribution < 1.29 is 4.79 Å². The van der Waals surface area contributed by atoms with Crippen molar-refractivity contribution in [1.82, 2.24) is 10.6 Å². The summed E-state index contributed by atoms with van der Waals surface area (Å²) in [6, 6.07) is 0.635. The van der Waals surface area contributed by atoms with Crippen LogP contribution in [0.15, 0.2) is 0 Å². The smallest absolute Gasteiger partial charge is 0.220 e. The van der Waals surface area contributed by atoms with E-state index in [1.807, 2.05) is 0 Å². The van der Waals surface area contributed by atoms with Gasteiger partial charge in [-0.05, 0) is 38.1 Å². The zero-order chi connectivity index (χ0) is 11.1. The molecule has 1 amide bonds. The van der Waals surface area contributed by atoms with Gasteiger partial charge in [0.15, 0.2) is 0 Å². The minimum absolute atomic E-state index is 0.210. The molecule has 0 bridgehead atoms. The topological polar surface area (TPSA) is 41.1 Å². The summed E-state index contributed by atoms with van der Waals surface area (Å²) in [5.41, 5.74) is 0. The first-order valence-corrected chi connectivity index (χ1v) is 6.18. The van der Waals surface area contributed by atoms with E-state index in [9.17, 15) is 4.79 Å². The van der Waals surface area contributed by atoms with Crippen molar-refractivity contribution in [2.45, 2.75) is 52.0 Å². The second-order valence-corrected chi connectivity index (χ2v) is 4.86. The number of amides is 1. The highest BCUT2D eigenvalue weighted by Gasteiger charge is 2.13. The molecule has 15 heavy (non-hydrogen) atoms. The highest BCUT2D eigenvalue weighted by atomic mass is 16.1. The van der Waals surface area contributed by atoms with Gasteiger partial charge in [0.1, 0.15) is 0 Å². The molecule has 2 N–H and O–H groups in total. The van der Waals surface area contributed by atoms with Crippen LogP contribution in [0.25, 0.3) is 0 Å². The largest absolute Gasteiger partial charge is 0.356 e. The van der Waals surface area contributed by atoms with Gasteiger partial charge in [-0.15, -0.1) is 0 Å². The molecule has 0 spiro atoms. The Balaban J connectivity index is 1.96. The SMILES string of the molecule is CC(C)CCC(=O)NCC[C@H]1CCCN1. The highest BCUT2D eigenvalue weighted by molar-refractivity contribution is 5.75. The molecule has 0 radical (unpaired) electrons. The number of rotatable bonds is 6. The Morgan fingerprint density at radius 1 is 1.53 bits per heavy atom. The van der Waals surface area contributed by atoms with Gasteiger partial charge in [0.25, 0.3) is 0 Å².